The Morgan fingerprint density at radius 1 is 1.42 bits per heavy atom. The van der Waals surface area contributed by atoms with Crippen LogP contribution >= 0.6 is 0 Å². The summed E-state index contributed by atoms with van der Waals surface area (Å²) >= 11 is 0. The van der Waals surface area contributed by atoms with Crippen LogP contribution in [-0.2, 0) is 16.6 Å². The second-order valence-electron chi connectivity index (χ2n) is 7.90. The molecule has 2 bridgehead atoms. The predicted octanol–water partition coefficient (Wildman–Crippen LogP) is 2.90. The van der Waals surface area contributed by atoms with Crippen LogP contribution in [0.25, 0.3) is 0 Å². The molecule has 4 heteroatoms. The molecule has 0 aromatic heterocycles. The normalized spacial score (nSPS) is 35.3. The van der Waals surface area contributed by atoms with Crippen molar-refractivity contribution in [3.63, 3.8) is 0 Å². The van der Waals surface area contributed by atoms with Gasteiger partial charge < -0.3 is 14.7 Å². The molecule has 1 aromatic rings. The first-order valence-electron chi connectivity index (χ1n) is 9.14. The minimum Gasteiger partial charge on any atom is -0.504 e. The molecule has 3 aliphatic rings. The SMILES string of the molecule is CC[C@H]1C[C@H]2[C@@H]3Cc4ccc(OC)c(O)c4[C@@]2(CCN3C)CC1=O. The number of hydrogen-bond donors (Lipinski definition) is 1. The van der Waals surface area contributed by atoms with Crippen molar-refractivity contribution in [2.75, 3.05) is 20.7 Å². The number of likely N-dealkylation sites (N-methyl/N-ethyl adjacent to an activating group) is 1. The lowest BCUT2D eigenvalue weighted by molar-refractivity contribution is -0.133. The molecule has 0 spiro atoms. The molecule has 0 radical (unpaired) electrons. The van der Waals surface area contributed by atoms with Gasteiger partial charge in [-0.2, -0.15) is 0 Å². The first-order valence-corrected chi connectivity index (χ1v) is 9.14. The number of likely N-dealkylation sites (tertiary alicyclic amines) is 1. The maximum Gasteiger partial charge on any atom is 0.161 e. The number of fused-ring (bicyclic) bond motifs is 1. The van der Waals surface area contributed by atoms with Gasteiger partial charge in [-0.1, -0.05) is 13.0 Å². The zero-order valence-electron chi connectivity index (χ0n) is 14.8. The quantitative estimate of drug-likeness (QED) is 0.906. The van der Waals surface area contributed by atoms with Crippen LogP contribution in [0.5, 0.6) is 11.5 Å². The van der Waals surface area contributed by atoms with Crippen LogP contribution in [-0.4, -0.2) is 42.5 Å². The minimum absolute atomic E-state index is 0.187. The number of nitrogens with zero attached hydrogens (tertiary/aromatic N) is 1. The second-order valence-corrected chi connectivity index (χ2v) is 7.90. The third-order valence-electron chi connectivity index (χ3n) is 7.00. The molecule has 4 rings (SSSR count). The average molecular weight is 329 g/mol. The van der Waals surface area contributed by atoms with E-state index in [0.29, 0.717) is 29.9 Å². The molecule has 0 unspecified atom stereocenters. The van der Waals surface area contributed by atoms with Gasteiger partial charge in [-0.25, -0.2) is 0 Å². The van der Waals surface area contributed by atoms with E-state index in [2.05, 4.69) is 24.9 Å². The van der Waals surface area contributed by atoms with E-state index in [-0.39, 0.29) is 17.1 Å². The van der Waals surface area contributed by atoms with Gasteiger partial charge in [0.25, 0.3) is 0 Å². The molecular weight excluding hydrogens is 302 g/mol. The number of phenolic OH excluding ortho intramolecular Hbond substituents is 1. The van der Waals surface area contributed by atoms with E-state index >= 15 is 0 Å². The standard InChI is InChI=1S/C20H27NO3/c1-4-12-9-14-15-10-13-5-6-17(24-3)19(23)18(13)20(14,11-16(12)22)7-8-21(15)2/h5-6,12,14-15,23H,4,7-11H2,1-3H3/t12-,14-,15-,20-/m0/s1. The van der Waals surface area contributed by atoms with Crippen LogP contribution in [0.2, 0.25) is 0 Å². The first-order chi connectivity index (χ1) is 11.5. The van der Waals surface area contributed by atoms with Gasteiger partial charge in [0.15, 0.2) is 11.5 Å². The van der Waals surface area contributed by atoms with Crippen molar-refractivity contribution < 1.29 is 14.6 Å². The fourth-order valence-corrected chi connectivity index (χ4v) is 5.72. The number of aromatic hydroxyl groups is 1. The molecule has 4 nitrogen and oxygen atoms in total. The monoisotopic (exact) mass is 329 g/mol. The van der Waals surface area contributed by atoms with E-state index in [1.54, 1.807) is 7.11 Å². The Labute approximate surface area is 143 Å². The second kappa shape index (κ2) is 5.48. The fourth-order valence-electron chi connectivity index (χ4n) is 5.72. The van der Waals surface area contributed by atoms with E-state index in [1.807, 2.05) is 6.07 Å². The smallest absolute Gasteiger partial charge is 0.161 e. The molecule has 4 atom stereocenters. The van der Waals surface area contributed by atoms with Crippen molar-refractivity contribution in [3.8, 4) is 11.5 Å². The number of Topliss-reactive ketones (excluding diaryl/α,β-unsaturated/α-hetero) is 1. The van der Waals surface area contributed by atoms with Crippen molar-refractivity contribution in [1.82, 2.24) is 4.90 Å². The Kier molecular flexibility index (Phi) is 3.64. The molecule has 0 amide bonds. The number of benzene rings is 1. The van der Waals surface area contributed by atoms with Gasteiger partial charge in [0.2, 0.25) is 0 Å². The summed E-state index contributed by atoms with van der Waals surface area (Å²) in [4.78, 5) is 15.3. The summed E-state index contributed by atoms with van der Waals surface area (Å²) in [7, 11) is 3.80. The largest absolute Gasteiger partial charge is 0.504 e. The van der Waals surface area contributed by atoms with Crippen molar-refractivity contribution in [1.29, 1.82) is 0 Å². The highest BCUT2D eigenvalue weighted by atomic mass is 16.5. The summed E-state index contributed by atoms with van der Waals surface area (Å²) in [6.07, 6.45) is 4.37. The maximum absolute atomic E-state index is 12.8. The highest BCUT2D eigenvalue weighted by Crippen LogP contribution is 2.59. The highest BCUT2D eigenvalue weighted by Gasteiger charge is 2.57. The topological polar surface area (TPSA) is 49.8 Å². The van der Waals surface area contributed by atoms with Gasteiger partial charge in [0.05, 0.1) is 7.11 Å². The molecular formula is C20H27NO3. The van der Waals surface area contributed by atoms with Crippen LogP contribution in [0, 0.1) is 11.8 Å². The van der Waals surface area contributed by atoms with Gasteiger partial charge in [0.1, 0.15) is 5.78 Å². The molecule has 1 aromatic carbocycles. The van der Waals surface area contributed by atoms with Gasteiger partial charge in [-0.3, -0.25) is 4.79 Å². The number of phenols is 1. The number of ether oxygens (including phenoxy) is 1. The Hall–Kier alpha value is -1.55. The van der Waals surface area contributed by atoms with Crippen molar-refractivity contribution >= 4 is 5.78 Å². The maximum atomic E-state index is 12.8. The summed E-state index contributed by atoms with van der Waals surface area (Å²) < 4.78 is 5.37. The molecule has 1 saturated heterocycles. The van der Waals surface area contributed by atoms with Gasteiger partial charge in [-0.05, 0) is 56.8 Å². The van der Waals surface area contributed by atoms with Crippen LogP contribution < -0.4 is 4.74 Å². The van der Waals surface area contributed by atoms with Crippen molar-refractivity contribution in [2.24, 2.45) is 11.8 Å². The average Bonchev–Trinajstić information content (AvgIpc) is 2.57. The van der Waals surface area contributed by atoms with Gasteiger partial charge >= 0.3 is 0 Å². The molecule has 1 heterocycles. The van der Waals surface area contributed by atoms with Crippen LogP contribution in [0.15, 0.2) is 12.1 Å². The molecule has 2 fully saturated rings. The van der Waals surface area contributed by atoms with E-state index in [0.717, 1.165) is 37.8 Å². The third kappa shape index (κ3) is 1.98. The summed E-state index contributed by atoms with van der Waals surface area (Å²) in [5.74, 6) is 1.82. The van der Waals surface area contributed by atoms with Crippen molar-refractivity contribution in [2.45, 2.75) is 50.5 Å². The summed E-state index contributed by atoms with van der Waals surface area (Å²) in [6.45, 7) is 3.11. The molecule has 1 saturated carbocycles. The Balaban J connectivity index is 1.91. The molecule has 2 aliphatic carbocycles. The lowest BCUT2D eigenvalue weighted by Gasteiger charge is -2.59. The van der Waals surface area contributed by atoms with Crippen molar-refractivity contribution in [3.05, 3.63) is 23.3 Å². The molecule has 1 aliphatic heterocycles. The van der Waals surface area contributed by atoms with E-state index < -0.39 is 0 Å². The highest BCUT2D eigenvalue weighted by molar-refractivity contribution is 5.84. The van der Waals surface area contributed by atoms with E-state index in [9.17, 15) is 9.90 Å². The number of rotatable bonds is 2. The lowest BCUT2D eigenvalue weighted by atomic mass is 9.50. The zero-order chi connectivity index (χ0) is 17.1. The van der Waals surface area contributed by atoms with E-state index in [4.69, 9.17) is 4.74 Å². The number of carbonyl (C=O) groups excluding carboxylic acids is 1. The first kappa shape index (κ1) is 15.9. The summed E-state index contributed by atoms with van der Waals surface area (Å²) in [5.41, 5.74) is 2.01. The number of hydrogen-bond acceptors (Lipinski definition) is 4. The Bertz CT molecular complexity index is 686. The number of piperidine rings is 1. The zero-order valence-corrected chi connectivity index (χ0v) is 14.8. The Morgan fingerprint density at radius 2 is 2.21 bits per heavy atom. The number of carbonyl (C=O) groups is 1. The minimum atomic E-state index is -0.202. The Morgan fingerprint density at radius 3 is 2.92 bits per heavy atom. The van der Waals surface area contributed by atoms with E-state index in [1.165, 1.54) is 5.56 Å². The molecule has 130 valence electrons. The van der Waals surface area contributed by atoms with Gasteiger partial charge in [0, 0.05) is 29.4 Å². The number of methoxy groups -OCH3 is 1. The number of ketones is 1. The molecule has 1 N–H and O–H groups in total. The van der Waals surface area contributed by atoms with Gasteiger partial charge in [-0.15, -0.1) is 0 Å². The van der Waals surface area contributed by atoms with Crippen LogP contribution in [0.1, 0.15) is 43.7 Å². The fraction of sp³-hybridized carbons (Fsp3) is 0.650. The van der Waals surface area contributed by atoms with Crippen LogP contribution in [0.3, 0.4) is 0 Å². The molecule has 24 heavy (non-hydrogen) atoms. The summed E-state index contributed by atoms with van der Waals surface area (Å²) in [6, 6.07) is 4.43. The predicted molar refractivity (Wildman–Crippen MR) is 92.6 cm³/mol. The third-order valence-corrected chi connectivity index (χ3v) is 7.00. The van der Waals surface area contributed by atoms with Crippen LogP contribution in [0.4, 0.5) is 0 Å². The summed E-state index contributed by atoms with van der Waals surface area (Å²) in [5, 5.41) is 10.9. The lowest BCUT2D eigenvalue weighted by Crippen LogP contribution is -2.62.